The Morgan fingerprint density at radius 3 is 1.58 bits per heavy atom. The van der Waals surface area contributed by atoms with Crippen molar-refractivity contribution in [3.8, 4) is 11.5 Å². The topological polar surface area (TPSA) is 58.9 Å². The third-order valence-corrected chi connectivity index (χ3v) is 2.71. The second kappa shape index (κ2) is 6.82. The van der Waals surface area contributed by atoms with Crippen LogP contribution in [-0.2, 0) is 13.2 Å². The maximum atomic E-state index is 9.16. The van der Waals surface area contributed by atoms with Crippen molar-refractivity contribution in [1.29, 1.82) is 0 Å². The molecule has 0 aliphatic carbocycles. The lowest BCUT2D eigenvalue weighted by Gasteiger charge is -2.12. The van der Waals surface area contributed by atoms with Crippen LogP contribution in [-0.4, -0.2) is 17.9 Å². The smallest absolute Gasteiger partial charge is 0.528 e. The minimum atomic E-state index is -0.0800. The van der Waals surface area contributed by atoms with Gasteiger partial charge in [0.05, 0.1) is 13.2 Å². The molecule has 2 aromatic rings. The minimum absolute atomic E-state index is 0.0219. The molecule has 0 atom stereocenters. The number of benzene rings is 2. The van der Waals surface area contributed by atoms with E-state index in [9.17, 15) is 0 Å². The second-order valence-electron chi connectivity index (χ2n) is 3.94. The van der Waals surface area contributed by atoms with Gasteiger partial charge in [-0.3, -0.25) is 0 Å². The third kappa shape index (κ3) is 3.50. The standard InChI is InChI=1S/C14H15BO4/c16-9-11-5-1-3-7-13(11)18-15-19-14-8-4-2-6-12(14)10-17/h1-8,15-17H,9-10H2. The maximum absolute atomic E-state index is 9.16. The van der Waals surface area contributed by atoms with E-state index in [0.29, 0.717) is 22.6 Å². The number of rotatable bonds is 6. The van der Waals surface area contributed by atoms with Gasteiger partial charge in [-0.2, -0.15) is 0 Å². The first-order valence-electron chi connectivity index (χ1n) is 5.98. The Bertz CT molecular complexity index is 483. The molecule has 2 rings (SSSR count). The van der Waals surface area contributed by atoms with Crippen molar-refractivity contribution >= 4 is 7.69 Å². The lowest BCUT2D eigenvalue weighted by atomic mass is 10.2. The van der Waals surface area contributed by atoms with Gasteiger partial charge in [-0.1, -0.05) is 36.4 Å². The summed E-state index contributed by atoms with van der Waals surface area (Å²) >= 11 is 0. The lowest BCUT2D eigenvalue weighted by molar-refractivity contribution is 0.275. The van der Waals surface area contributed by atoms with Crippen LogP contribution in [0.25, 0.3) is 0 Å². The SMILES string of the molecule is OCc1ccccc1OBOc1ccccc1CO. The number of hydrogen-bond donors (Lipinski definition) is 2. The molecule has 0 saturated heterocycles. The molecule has 0 aromatic heterocycles. The zero-order valence-electron chi connectivity index (χ0n) is 10.5. The molecule has 0 radical (unpaired) electrons. The average molecular weight is 258 g/mol. The van der Waals surface area contributed by atoms with E-state index < -0.39 is 0 Å². The van der Waals surface area contributed by atoms with Gasteiger partial charge in [0.25, 0.3) is 0 Å². The summed E-state index contributed by atoms with van der Waals surface area (Å²) in [6.45, 7) is -0.160. The molecule has 0 bridgehead atoms. The van der Waals surface area contributed by atoms with E-state index in [2.05, 4.69) is 0 Å². The highest BCUT2D eigenvalue weighted by atomic mass is 16.6. The molecule has 5 heteroatoms. The highest BCUT2D eigenvalue weighted by molar-refractivity contribution is 6.20. The highest BCUT2D eigenvalue weighted by Gasteiger charge is 2.06. The third-order valence-electron chi connectivity index (χ3n) is 2.71. The molecule has 2 N–H and O–H groups in total. The fourth-order valence-corrected chi connectivity index (χ4v) is 1.71. The largest absolute Gasteiger partial charge is 0.576 e. The van der Waals surface area contributed by atoms with Crippen LogP contribution in [0.1, 0.15) is 11.1 Å². The Balaban J connectivity index is 1.96. The lowest BCUT2D eigenvalue weighted by Crippen LogP contribution is -2.13. The normalized spacial score (nSPS) is 10.0. The van der Waals surface area contributed by atoms with E-state index in [-0.39, 0.29) is 20.9 Å². The summed E-state index contributed by atoms with van der Waals surface area (Å²) in [5, 5.41) is 18.3. The fourth-order valence-electron chi connectivity index (χ4n) is 1.71. The Labute approximate surface area is 112 Å². The molecule has 0 spiro atoms. The van der Waals surface area contributed by atoms with Crippen molar-refractivity contribution < 1.29 is 19.5 Å². The number of aliphatic hydroxyl groups is 2. The molecular formula is C14H15BO4. The van der Waals surface area contributed by atoms with Crippen LogP contribution in [0.3, 0.4) is 0 Å². The fraction of sp³-hybridized carbons (Fsp3) is 0.143. The van der Waals surface area contributed by atoms with Gasteiger partial charge in [0.15, 0.2) is 0 Å². The molecule has 0 saturated carbocycles. The van der Waals surface area contributed by atoms with Crippen LogP contribution in [0, 0.1) is 0 Å². The molecule has 0 aliphatic heterocycles. The van der Waals surface area contributed by atoms with Crippen LogP contribution in [0.5, 0.6) is 11.5 Å². The summed E-state index contributed by atoms with van der Waals surface area (Å²) in [4.78, 5) is 0. The molecule has 19 heavy (non-hydrogen) atoms. The van der Waals surface area contributed by atoms with Crippen LogP contribution in [0.15, 0.2) is 48.5 Å². The summed E-state index contributed by atoms with van der Waals surface area (Å²) in [6, 6.07) is 14.4. The molecule has 4 nitrogen and oxygen atoms in total. The first kappa shape index (κ1) is 13.5. The Morgan fingerprint density at radius 1 is 0.737 bits per heavy atom. The first-order valence-corrected chi connectivity index (χ1v) is 5.98. The zero-order chi connectivity index (χ0) is 13.5. The average Bonchev–Trinajstić information content (AvgIpc) is 2.48. The van der Waals surface area contributed by atoms with Gasteiger partial charge in [-0.05, 0) is 12.1 Å². The highest BCUT2D eigenvalue weighted by Crippen LogP contribution is 2.19. The predicted molar refractivity (Wildman–Crippen MR) is 73.1 cm³/mol. The van der Waals surface area contributed by atoms with Gasteiger partial charge in [-0.15, -0.1) is 0 Å². The second-order valence-corrected chi connectivity index (χ2v) is 3.94. The van der Waals surface area contributed by atoms with E-state index in [0.717, 1.165) is 0 Å². The molecule has 98 valence electrons. The Kier molecular flexibility index (Phi) is 4.83. The molecule has 0 heterocycles. The van der Waals surface area contributed by atoms with Gasteiger partial charge in [0.2, 0.25) is 0 Å². The Morgan fingerprint density at radius 2 is 1.16 bits per heavy atom. The summed E-state index contributed by atoms with van der Waals surface area (Å²) < 4.78 is 10.9. The van der Waals surface area contributed by atoms with E-state index in [1.807, 2.05) is 24.3 Å². The van der Waals surface area contributed by atoms with Crippen molar-refractivity contribution in [2.75, 3.05) is 0 Å². The van der Waals surface area contributed by atoms with Crippen molar-refractivity contribution in [2.24, 2.45) is 0 Å². The van der Waals surface area contributed by atoms with Gasteiger partial charge in [0.1, 0.15) is 11.5 Å². The molecular weight excluding hydrogens is 243 g/mol. The van der Waals surface area contributed by atoms with Crippen molar-refractivity contribution in [3.05, 3.63) is 59.7 Å². The van der Waals surface area contributed by atoms with Crippen molar-refractivity contribution in [3.63, 3.8) is 0 Å². The molecule has 0 fully saturated rings. The van der Waals surface area contributed by atoms with Crippen LogP contribution < -0.4 is 9.31 Å². The van der Waals surface area contributed by atoms with E-state index in [4.69, 9.17) is 19.5 Å². The minimum Gasteiger partial charge on any atom is -0.528 e. The molecule has 0 amide bonds. The van der Waals surface area contributed by atoms with E-state index in [1.165, 1.54) is 0 Å². The predicted octanol–water partition coefficient (Wildman–Crippen LogP) is 1.40. The van der Waals surface area contributed by atoms with Crippen LogP contribution in [0.2, 0.25) is 0 Å². The van der Waals surface area contributed by atoms with E-state index in [1.54, 1.807) is 24.3 Å². The first-order chi connectivity index (χ1) is 9.35. The van der Waals surface area contributed by atoms with E-state index >= 15 is 0 Å². The van der Waals surface area contributed by atoms with Crippen LogP contribution in [0.4, 0.5) is 0 Å². The number of para-hydroxylation sites is 2. The molecule has 0 aliphatic rings. The summed E-state index contributed by atoms with van der Waals surface area (Å²) in [5.74, 6) is 1.18. The zero-order valence-corrected chi connectivity index (χ0v) is 10.5. The summed E-state index contributed by atoms with van der Waals surface area (Å²) in [5.41, 5.74) is 1.42. The molecule has 2 aromatic carbocycles. The number of hydrogen-bond acceptors (Lipinski definition) is 4. The summed E-state index contributed by atoms with van der Waals surface area (Å²) in [7, 11) is 0.0219. The van der Waals surface area contributed by atoms with Gasteiger partial charge in [0, 0.05) is 11.1 Å². The maximum Gasteiger partial charge on any atom is 0.576 e. The number of aliphatic hydroxyl groups excluding tert-OH is 2. The van der Waals surface area contributed by atoms with Gasteiger partial charge in [-0.25, -0.2) is 0 Å². The van der Waals surface area contributed by atoms with Crippen molar-refractivity contribution in [1.82, 2.24) is 0 Å². The summed E-state index contributed by atoms with van der Waals surface area (Å²) in [6.07, 6.45) is 0. The quantitative estimate of drug-likeness (QED) is 0.769. The van der Waals surface area contributed by atoms with Gasteiger partial charge < -0.3 is 19.5 Å². The molecule has 0 unspecified atom stereocenters. The van der Waals surface area contributed by atoms with Gasteiger partial charge >= 0.3 is 7.69 Å². The van der Waals surface area contributed by atoms with Crippen molar-refractivity contribution in [2.45, 2.75) is 13.2 Å². The monoisotopic (exact) mass is 258 g/mol. The Hall–Kier alpha value is -1.98. The van der Waals surface area contributed by atoms with Crippen LogP contribution >= 0.6 is 0 Å².